The lowest BCUT2D eigenvalue weighted by molar-refractivity contribution is 0.383. The van der Waals surface area contributed by atoms with Gasteiger partial charge in [0.2, 0.25) is 0 Å². The van der Waals surface area contributed by atoms with Crippen LogP contribution in [0.25, 0.3) is 0 Å². The number of benzene rings is 1. The molecule has 1 aromatic rings. The molecule has 0 amide bonds. The third-order valence-corrected chi connectivity index (χ3v) is 2.89. The number of rotatable bonds is 3. The average molecular weight is 232 g/mol. The van der Waals surface area contributed by atoms with E-state index in [1.54, 1.807) is 0 Å². The Balaban J connectivity index is 2.80. The molecule has 0 heterocycles. The predicted octanol–water partition coefficient (Wildman–Crippen LogP) is 3.66. The molecule has 0 aliphatic carbocycles. The Morgan fingerprint density at radius 2 is 1.86 bits per heavy atom. The van der Waals surface area contributed by atoms with Gasteiger partial charge in [-0.15, -0.1) is 0 Å². The van der Waals surface area contributed by atoms with Gasteiger partial charge in [-0.3, -0.25) is 0 Å². The molecule has 3 heteroatoms. The highest BCUT2D eigenvalue weighted by molar-refractivity contribution is 6.42. The van der Waals surface area contributed by atoms with Crippen LogP contribution >= 0.6 is 23.2 Å². The number of halogens is 2. The molecule has 0 N–H and O–H groups in total. The van der Waals surface area contributed by atoms with Gasteiger partial charge in [0.05, 0.1) is 10.0 Å². The summed E-state index contributed by atoms with van der Waals surface area (Å²) in [6, 6.07) is 5.83. The Hall–Kier alpha value is -0.240. The van der Waals surface area contributed by atoms with Gasteiger partial charge in [-0.2, -0.15) is 0 Å². The van der Waals surface area contributed by atoms with Gasteiger partial charge in [0.1, 0.15) is 0 Å². The first kappa shape index (κ1) is 11.8. The van der Waals surface area contributed by atoms with Crippen LogP contribution in [-0.2, 0) is 0 Å². The lowest BCUT2D eigenvalue weighted by Crippen LogP contribution is -2.18. The van der Waals surface area contributed by atoms with Crippen molar-refractivity contribution < 1.29 is 0 Å². The second-order valence-electron chi connectivity index (χ2n) is 3.84. The van der Waals surface area contributed by atoms with Crippen molar-refractivity contribution in [2.45, 2.75) is 12.8 Å². The standard InChI is InChI=1S/C11H15Cl2N/c1-8(7-14(2)3)9-4-5-10(12)11(13)6-9/h4-6,8H,7H2,1-3H3. The normalized spacial score (nSPS) is 13.3. The van der Waals surface area contributed by atoms with Crippen LogP contribution in [0.2, 0.25) is 10.0 Å². The number of hydrogen-bond donors (Lipinski definition) is 0. The van der Waals surface area contributed by atoms with Crippen LogP contribution < -0.4 is 0 Å². The van der Waals surface area contributed by atoms with Gasteiger partial charge < -0.3 is 4.90 Å². The van der Waals surface area contributed by atoms with Crippen molar-refractivity contribution >= 4 is 23.2 Å². The molecule has 1 rings (SSSR count). The van der Waals surface area contributed by atoms with E-state index in [9.17, 15) is 0 Å². The Kier molecular flexibility index (Phi) is 4.24. The molecule has 14 heavy (non-hydrogen) atoms. The maximum Gasteiger partial charge on any atom is 0.0595 e. The summed E-state index contributed by atoms with van der Waals surface area (Å²) in [5, 5.41) is 1.25. The Labute approximate surface area is 95.6 Å². The third-order valence-electron chi connectivity index (χ3n) is 2.15. The minimum atomic E-state index is 0.472. The molecule has 0 bridgehead atoms. The smallest absolute Gasteiger partial charge is 0.0595 e. The Morgan fingerprint density at radius 3 is 2.36 bits per heavy atom. The summed E-state index contributed by atoms with van der Waals surface area (Å²) in [6.07, 6.45) is 0. The van der Waals surface area contributed by atoms with E-state index in [-0.39, 0.29) is 0 Å². The molecule has 0 saturated heterocycles. The molecule has 0 fully saturated rings. The summed E-state index contributed by atoms with van der Waals surface area (Å²) in [6.45, 7) is 3.19. The maximum atomic E-state index is 5.95. The topological polar surface area (TPSA) is 3.24 Å². The molecule has 0 radical (unpaired) electrons. The second kappa shape index (κ2) is 5.01. The third kappa shape index (κ3) is 3.16. The molecule has 0 spiro atoms. The van der Waals surface area contributed by atoms with Crippen molar-refractivity contribution in [3.8, 4) is 0 Å². The highest BCUT2D eigenvalue weighted by atomic mass is 35.5. The number of hydrogen-bond acceptors (Lipinski definition) is 1. The molecule has 0 aliphatic rings. The van der Waals surface area contributed by atoms with E-state index < -0.39 is 0 Å². The molecular weight excluding hydrogens is 217 g/mol. The van der Waals surface area contributed by atoms with E-state index in [4.69, 9.17) is 23.2 Å². The van der Waals surface area contributed by atoms with Gasteiger partial charge in [-0.25, -0.2) is 0 Å². The quantitative estimate of drug-likeness (QED) is 0.768. The summed E-state index contributed by atoms with van der Waals surface area (Å²) in [7, 11) is 4.13. The molecule has 1 atom stereocenters. The number of likely N-dealkylation sites (N-methyl/N-ethyl adjacent to an activating group) is 1. The first-order chi connectivity index (χ1) is 6.50. The van der Waals surface area contributed by atoms with Crippen LogP contribution in [-0.4, -0.2) is 25.5 Å². The second-order valence-corrected chi connectivity index (χ2v) is 4.65. The minimum absolute atomic E-state index is 0.472. The van der Waals surface area contributed by atoms with Gasteiger partial charge in [0, 0.05) is 6.54 Å². The van der Waals surface area contributed by atoms with E-state index in [1.807, 2.05) is 18.2 Å². The summed E-state index contributed by atoms with van der Waals surface area (Å²) >= 11 is 11.8. The van der Waals surface area contributed by atoms with Gasteiger partial charge in [-0.05, 0) is 37.7 Å². The highest BCUT2D eigenvalue weighted by Gasteiger charge is 2.08. The fourth-order valence-electron chi connectivity index (χ4n) is 1.47. The van der Waals surface area contributed by atoms with Crippen molar-refractivity contribution in [1.29, 1.82) is 0 Å². The molecule has 78 valence electrons. The summed E-state index contributed by atoms with van der Waals surface area (Å²) < 4.78 is 0. The lowest BCUT2D eigenvalue weighted by atomic mass is 10.0. The van der Waals surface area contributed by atoms with E-state index in [0.29, 0.717) is 16.0 Å². The number of nitrogens with zero attached hydrogens (tertiary/aromatic N) is 1. The molecule has 0 saturated carbocycles. The zero-order valence-electron chi connectivity index (χ0n) is 8.72. The summed E-state index contributed by atoms with van der Waals surface area (Å²) in [5.74, 6) is 0.472. The fraction of sp³-hybridized carbons (Fsp3) is 0.455. The first-order valence-corrected chi connectivity index (χ1v) is 5.36. The summed E-state index contributed by atoms with van der Waals surface area (Å²) in [4.78, 5) is 2.16. The minimum Gasteiger partial charge on any atom is -0.309 e. The zero-order chi connectivity index (χ0) is 10.7. The van der Waals surface area contributed by atoms with Crippen molar-refractivity contribution in [3.05, 3.63) is 33.8 Å². The van der Waals surface area contributed by atoms with Gasteiger partial charge in [0.25, 0.3) is 0 Å². The fourth-order valence-corrected chi connectivity index (χ4v) is 1.78. The van der Waals surface area contributed by atoms with Gasteiger partial charge in [-0.1, -0.05) is 36.2 Å². The lowest BCUT2D eigenvalue weighted by Gasteiger charge is -2.17. The zero-order valence-corrected chi connectivity index (χ0v) is 10.2. The van der Waals surface area contributed by atoms with E-state index in [0.717, 1.165) is 6.54 Å². The average Bonchev–Trinajstić information content (AvgIpc) is 2.08. The molecule has 0 aliphatic heterocycles. The van der Waals surface area contributed by atoms with Crippen molar-refractivity contribution in [3.63, 3.8) is 0 Å². The van der Waals surface area contributed by atoms with Crippen molar-refractivity contribution in [1.82, 2.24) is 4.90 Å². The predicted molar refractivity (Wildman–Crippen MR) is 63.4 cm³/mol. The van der Waals surface area contributed by atoms with E-state index >= 15 is 0 Å². The molecule has 0 aromatic heterocycles. The van der Waals surface area contributed by atoms with Crippen LogP contribution in [0.3, 0.4) is 0 Å². The van der Waals surface area contributed by atoms with Crippen LogP contribution in [0, 0.1) is 0 Å². The van der Waals surface area contributed by atoms with Gasteiger partial charge in [0.15, 0.2) is 0 Å². The maximum absolute atomic E-state index is 5.95. The van der Waals surface area contributed by atoms with Crippen LogP contribution in [0.1, 0.15) is 18.4 Å². The summed E-state index contributed by atoms with van der Waals surface area (Å²) in [5.41, 5.74) is 1.23. The SMILES string of the molecule is CC(CN(C)C)c1ccc(Cl)c(Cl)c1. The van der Waals surface area contributed by atoms with Crippen LogP contribution in [0.4, 0.5) is 0 Å². The van der Waals surface area contributed by atoms with E-state index in [2.05, 4.69) is 25.9 Å². The molecular formula is C11H15Cl2N. The van der Waals surface area contributed by atoms with Crippen molar-refractivity contribution in [2.75, 3.05) is 20.6 Å². The van der Waals surface area contributed by atoms with Gasteiger partial charge >= 0.3 is 0 Å². The van der Waals surface area contributed by atoms with Crippen LogP contribution in [0.15, 0.2) is 18.2 Å². The molecule has 1 aromatic carbocycles. The first-order valence-electron chi connectivity index (χ1n) is 4.60. The highest BCUT2D eigenvalue weighted by Crippen LogP contribution is 2.26. The molecule has 1 unspecified atom stereocenters. The Morgan fingerprint density at radius 1 is 1.21 bits per heavy atom. The monoisotopic (exact) mass is 231 g/mol. The molecule has 1 nitrogen and oxygen atoms in total. The van der Waals surface area contributed by atoms with Crippen molar-refractivity contribution in [2.24, 2.45) is 0 Å². The Bertz CT molecular complexity index is 310. The van der Waals surface area contributed by atoms with Crippen LogP contribution in [0.5, 0.6) is 0 Å². The van der Waals surface area contributed by atoms with E-state index in [1.165, 1.54) is 5.56 Å². The largest absolute Gasteiger partial charge is 0.309 e.